The number of hydrogen-bond acceptors (Lipinski definition) is 5. The van der Waals surface area contributed by atoms with E-state index in [0.29, 0.717) is 16.7 Å². The molecule has 2 aromatic rings. The van der Waals surface area contributed by atoms with Crippen LogP contribution in [-0.2, 0) is 9.53 Å². The summed E-state index contributed by atoms with van der Waals surface area (Å²) in [5.74, 6) is -0.723. The molecule has 1 atom stereocenters. The quantitative estimate of drug-likeness (QED) is 0.744. The second kappa shape index (κ2) is 3.70. The zero-order valence-electron chi connectivity index (χ0n) is 8.01. The Kier molecular flexibility index (Phi) is 2.39. The van der Waals surface area contributed by atoms with Crippen LogP contribution in [0.1, 0.15) is 11.7 Å². The van der Waals surface area contributed by atoms with Gasteiger partial charge in [-0.2, -0.15) is 0 Å². The Hall–Kier alpha value is -1.88. The van der Waals surface area contributed by atoms with Gasteiger partial charge in [0, 0.05) is 5.56 Å². The van der Waals surface area contributed by atoms with Crippen molar-refractivity contribution >= 4 is 17.1 Å². The van der Waals surface area contributed by atoms with E-state index in [-0.39, 0.29) is 0 Å². The fourth-order valence-electron chi connectivity index (χ4n) is 1.36. The normalized spacial score (nSPS) is 12.7. The molecule has 1 aromatic carbocycles. The van der Waals surface area contributed by atoms with Gasteiger partial charge in [-0.05, 0) is 6.07 Å². The average Bonchev–Trinajstić information content (AvgIpc) is 2.74. The van der Waals surface area contributed by atoms with E-state index in [1.807, 2.05) is 0 Å². The van der Waals surface area contributed by atoms with Gasteiger partial charge in [0.2, 0.25) is 0 Å². The Labute approximate surface area is 85.3 Å². The standard InChI is InChI=1S/C10H9NO4/c1-14-10(13)8(12)6-3-2-4-7-9(6)15-5-11-7/h2-5,8,12H,1H3. The van der Waals surface area contributed by atoms with Crippen LogP contribution in [0.25, 0.3) is 11.1 Å². The Balaban J connectivity index is 2.51. The zero-order valence-corrected chi connectivity index (χ0v) is 8.01. The number of oxazole rings is 1. The van der Waals surface area contributed by atoms with Gasteiger partial charge in [-0.15, -0.1) is 0 Å². The van der Waals surface area contributed by atoms with Gasteiger partial charge in [-0.3, -0.25) is 0 Å². The smallest absolute Gasteiger partial charge is 0.339 e. The van der Waals surface area contributed by atoms with Crippen molar-refractivity contribution in [3.8, 4) is 0 Å². The third-order valence-corrected chi connectivity index (χ3v) is 2.11. The van der Waals surface area contributed by atoms with Crippen molar-refractivity contribution in [1.82, 2.24) is 4.98 Å². The largest absolute Gasteiger partial charge is 0.467 e. The van der Waals surface area contributed by atoms with Crippen LogP contribution >= 0.6 is 0 Å². The molecule has 1 unspecified atom stereocenters. The molecule has 0 amide bonds. The van der Waals surface area contributed by atoms with Crippen molar-refractivity contribution in [2.45, 2.75) is 6.10 Å². The molecule has 1 heterocycles. The van der Waals surface area contributed by atoms with Crippen molar-refractivity contribution in [2.24, 2.45) is 0 Å². The predicted molar refractivity (Wildman–Crippen MR) is 51.0 cm³/mol. The number of aromatic nitrogens is 1. The van der Waals surface area contributed by atoms with Gasteiger partial charge in [0.25, 0.3) is 0 Å². The number of carbonyl (C=O) groups excluding carboxylic acids is 1. The third-order valence-electron chi connectivity index (χ3n) is 2.11. The number of rotatable bonds is 2. The molecule has 1 N–H and O–H groups in total. The minimum absolute atomic E-state index is 0.358. The van der Waals surface area contributed by atoms with E-state index in [2.05, 4.69) is 9.72 Å². The monoisotopic (exact) mass is 207 g/mol. The Bertz CT molecular complexity index is 491. The number of esters is 1. The van der Waals surface area contributed by atoms with Gasteiger partial charge < -0.3 is 14.3 Å². The molecule has 0 fully saturated rings. The van der Waals surface area contributed by atoms with E-state index in [1.54, 1.807) is 18.2 Å². The highest BCUT2D eigenvalue weighted by atomic mass is 16.5. The fourth-order valence-corrected chi connectivity index (χ4v) is 1.36. The first-order valence-electron chi connectivity index (χ1n) is 4.32. The average molecular weight is 207 g/mol. The molecule has 78 valence electrons. The van der Waals surface area contributed by atoms with Crippen LogP contribution in [-0.4, -0.2) is 23.2 Å². The van der Waals surface area contributed by atoms with Crippen LogP contribution in [0.3, 0.4) is 0 Å². The molecule has 0 aliphatic rings. The molecule has 0 radical (unpaired) electrons. The van der Waals surface area contributed by atoms with Crippen molar-refractivity contribution in [3.63, 3.8) is 0 Å². The van der Waals surface area contributed by atoms with Crippen LogP contribution in [0.4, 0.5) is 0 Å². The minimum atomic E-state index is -1.34. The van der Waals surface area contributed by atoms with Crippen LogP contribution in [0, 0.1) is 0 Å². The molecule has 0 spiro atoms. The Morgan fingerprint density at radius 1 is 1.60 bits per heavy atom. The van der Waals surface area contributed by atoms with E-state index < -0.39 is 12.1 Å². The van der Waals surface area contributed by atoms with E-state index in [0.717, 1.165) is 0 Å². The highest BCUT2D eigenvalue weighted by Gasteiger charge is 2.21. The second-order valence-electron chi connectivity index (χ2n) is 2.97. The molecule has 0 saturated heterocycles. The van der Waals surface area contributed by atoms with Gasteiger partial charge in [0.15, 0.2) is 18.1 Å². The Morgan fingerprint density at radius 3 is 3.13 bits per heavy atom. The maximum absolute atomic E-state index is 11.1. The number of fused-ring (bicyclic) bond motifs is 1. The predicted octanol–water partition coefficient (Wildman–Crippen LogP) is 1.03. The van der Waals surface area contributed by atoms with Gasteiger partial charge in [0.1, 0.15) is 5.52 Å². The topological polar surface area (TPSA) is 72.6 Å². The molecular weight excluding hydrogens is 198 g/mol. The lowest BCUT2D eigenvalue weighted by Crippen LogP contribution is -2.13. The summed E-state index contributed by atoms with van der Waals surface area (Å²) < 4.78 is 9.53. The van der Waals surface area contributed by atoms with Crippen molar-refractivity contribution in [3.05, 3.63) is 30.2 Å². The number of aliphatic hydroxyl groups is 1. The lowest BCUT2D eigenvalue weighted by Gasteiger charge is -2.07. The number of carbonyl (C=O) groups is 1. The van der Waals surface area contributed by atoms with Crippen molar-refractivity contribution in [2.75, 3.05) is 7.11 Å². The lowest BCUT2D eigenvalue weighted by molar-refractivity contribution is -0.150. The zero-order chi connectivity index (χ0) is 10.8. The summed E-state index contributed by atoms with van der Waals surface area (Å²) in [6.45, 7) is 0. The summed E-state index contributed by atoms with van der Waals surface area (Å²) in [7, 11) is 1.21. The third kappa shape index (κ3) is 1.57. The molecular formula is C10H9NO4. The summed E-state index contributed by atoms with van der Waals surface area (Å²) >= 11 is 0. The maximum Gasteiger partial charge on any atom is 0.339 e. The fraction of sp³-hybridized carbons (Fsp3) is 0.200. The number of nitrogens with zero attached hydrogens (tertiary/aromatic N) is 1. The molecule has 2 rings (SSSR count). The summed E-state index contributed by atoms with van der Waals surface area (Å²) in [4.78, 5) is 15.1. The van der Waals surface area contributed by atoms with E-state index in [1.165, 1.54) is 13.5 Å². The number of para-hydroxylation sites is 1. The number of benzene rings is 1. The molecule has 15 heavy (non-hydrogen) atoms. The molecule has 0 bridgehead atoms. The molecule has 0 aliphatic carbocycles. The van der Waals surface area contributed by atoms with Gasteiger partial charge in [-0.25, -0.2) is 9.78 Å². The highest BCUT2D eigenvalue weighted by molar-refractivity contribution is 5.84. The first kappa shape index (κ1) is 9.67. The van der Waals surface area contributed by atoms with E-state index in [9.17, 15) is 9.90 Å². The molecule has 5 nitrogen and oxygen atoms in total. The van der Waals surface area contributed by atoms with Crippen LogP contribution in [0.5, 0.6) is 0 Å². The second-order valence-corrected chi connectivity index (χ2v) is 2.97. The van der Waals surface area contributed by atoms with E-state index >= 15 is 0 Å². The summed E-state index contributed by atoms with van der Waals surface area (Å²) in [6.07, 6.45) is -0.0790. The molecule has 0 aliphatic heterocycles. The first-order valence-corrected chi connectivity index (χ1v) is 4.32. The van der Waals surface area contributed by atoms with E-state index in [4.69, 9.17) is 4.42 Å². The number of ether oxygens (including phenoxy) is 1. The SMILES string of the molecule is COC(=O)C(O)c1cccc2ncoc12. The minimum Gasteiger partial charge on any atom is -0.467 e. The van der Waals surface area contributed by atoms with Crippen LogP contribution in [0.15, 0.2) is 29.0 Å². The first-order chi connectivity index (χ1) is 7.24. The van der Waals surface area contributed by atoms with Gasteiger partial charge >= 0.3 is 5.97 Å². The number of aliphatic hydroxyl groups excluding tert-OH is 1. The maximum atomic E-state index is 11.1. The number of methoxy groups -OCH3 is 1. The van der Waals surface area contributed by atoms with Crippen molar-refractivity contribution in [1.29, 1.82) is 0 Å². The van der Waals surface area contributed by atoms with Crippen LogP contribution < -0.4 is 0 Å². The Morgan fingerprint density at radius 2 is 2.40 bits per heavy atom. The summed E-state index contributed by atoms with van der Waals surface area (Å²) in [5, 5.41) is 9.64. The summed E-state index contributed by atoms with van der Waals surface area (Å²) in [6, 6.07) is 5.01. The highest BCUT2D eigenvalue weighted by Crippen LogP contribution is 2.24. The number of hydrogen-bond donors (Lipinski definition) is 1. The van der Waals surface area contributed by atoms with Gasteiger partial charge in [0.05, 0.1) is 7.11 Å². The van der Waals surface area contributed by atoms with Crippen LogP contribution in [0.2, 0.25) is 0 Å². The molecule has 1 aromatic heterocycles. The van der Waals surface area contributed by atoms with Crippen molar-refractivity contribution < 1.29 is 19.1 Å². The molecule has 5 heteroatoms. The summed E-state index contributed by atoms with van der Waals surface area (Å²) in [5.41, 5.74) is 1.35. The van der Waals surface area contributed by atoms with Gasteiger partial charge in [-0.1, -0.05) is 12.1 Å². The molecule has 0 saturated carbocycles. The lowest BCUT2D eigenvalue weighted by atomic mass is 10.1.